The van der Waals surface area contributed by atoms with Gasteiger partial charge in [-0.2, -0.15) is 0 Å². The summed E-state index contributed by atoms with van der Waals surface area (Å²) in [6.07, 6.45) is -1.93. The van der Waals surface area contributed by atoms with Crippen LogP contribution >= 0.6 is 0 Å². The van der Waals surface area contributed by atoms with Crippen LogP contribution in [0.3, 0.4) is 0 Å². The quantitative estimate of drug-likeness (QED) is 0.721. The highest BCUT2D eigenvalue weighted by atomic mass is 32.2. The molecule has 0 fully saturated rings. The number of nitrogens with one attached hydrogen (secondary N) is 2. The maximum absolute atomic E-state index is 13.6. The van der Waals surface area contributed by atoms with E-state index < -0.39 is 33.7 Å². The molecule has 8 heteroatoms. The lowest BCUT2D eigenvalue weighted by Gasteiger charge is -2.10. The molecular formula is C12H17F3N2O2S. The second-order valence-corrected chi connectivity index (χ2v) is 5.92. The molecular weight excluding hydrogens is 293 g/mol. The van der Waals surface area contributed by atoms with Gasteiger partial charge in [0.25, 0.3) is 6.43 Å². The highest BCUT2D eigenvalue weighted by molar-refractivity contribution is 7.89. The van der Waals surface area contributed by atoms with Crippen LogP contribution < -0.4 is 10.0 Å². The summed E-state index contributed by atoms with van der Waals surface area (Å²) in [6, 6.07) is 3.61. The SMILES string of the molecule is CCCNCc1ccc(F)c(S(=O)(=O)NCC(F)F)c1. The zero-order chi connectivity index (χ0) is 15.2. The summed E-state index contributed by atoms with van der Waals surface area (Å²) < 4.78 is 62.8. The molecule has 0 aliphatic heterocycles. The van der Waals surface area contributed by atoms with E-state index in [0.29, 0.717) is 12.1 Å². The van der Waals surface area contributed by atoms with Gasteiger partial charge in [0.1, 0.15) is 10.7 Å². The summed E-state index contributed by atoms with van der Waals surface area (Å²) in [4.78, 5) is -0.617. The Morgan fingerprint density at radius 2 is 2.00 bits per heavy atom. The molecule has 1 aromatic rings. The predicted molar refractivity (Wildman–Crippen MR) is 69.6 cm³/mol. The summed E-state index contributed by atoms with van der Waals surface area (Å²) >= 11 is 0. The Balaban J connectivity index is 2.89. The smallest absolute Gasteiger partial charge is 0.251 e. The van der Waals surface area contributed by atoms with Crippen LogP contribution in [0.25, 0.3) is 0 Å². The van der Waals surface area contributed by atoms with E-state index in [9.17, 15) is 21.6 Å². The maximum atomic E-state index is 13.6. The second-order valence-electron chi connectivity index (χ2n) is 4.18. The molecule has 0 atom stereocenters. The molecule has 0 amide bonds. The number of rotatable bonds is 8. The zero-order valence-corrected chi connectivity index (χ0v) is 11.8. The second kappa shape index (κ2) is 7.61. The Hall–Kier alpha value is -1.12. The summed E-state index contributed by atoms with van der Waals surface area (Å²) in [5.74, 6) is -0.967. The van der Waals surface area contributed by atoms with E-state index >= 15 is 0 Å². The molecule has 4 nitrogen and oxygen atoms in total. The fraction of sp³-hybridized carbons (Fsp3) is 0.500. The fourth-order valence-electron chi connectivity index (χ4n) is 1.52. The van der Waals surface area contributed by atoms with E-state index in [1.54, 1.807) is 4.72 Å². The first-order chi connectivity index (χ1) is 9.36. The van der Waals surface area contributed by atoms with Gasteiger partial charge >= 0.3 is 0 Å². The molecule has 114 valence electrons. The Morgan fingerprint density at radius 1 is 1.30 bits per heavy atom. The van der Waals surface area contributed by atoms with E-state index in [4.69, 9.17) is 0 Å². The van der Waals surface area contributed by atoms with Crippen LogP contribution in [0.1, 0.15) is 18.9 Å². The van der Waals surface area contributed by atoms with Gasteiger partial charge < -0.3 is 5.32 Å². The Labute approximate surface area is 116 Å². The maximum Gasteiger partial charge on any atom is 0.251 e. The van der Waals surface area contributed by atoms with Crippen molar-refractivity contribution in [2.24, 2.45) is 0 Å². The number of sulfonamides is 1. The van der Waals surface area contributed by atoms with Crippen LogP contribution in [0.2, 0.25) is 0 Å². The van der Waals surface area contributed by atoms with Gasteiger partial charge in [-0.05, 0) is 30.7 Å². The highest BCUT2D eigenvalue weighted by Crippen LogP contribution is 2.16. The van der Waals surface area contributed by atoms with Crippen LogP contribution in [0.4, 0.5) is 13.2 Å². The third kappa shape index (κ3) is 5.10. The summed E-state index contributed by atoms with van der Waals surface area (Å²) in [5.41, 5.74) is 0.567. The molecule has 1 aromatic carbocycles. The first kappa shape index (κ1) is 16.9. The topological polar surface area (TPSA) is 58.2 Å². The third-order valence-corrected chi connectivity index (χ3v) is 3.91. The lowest BCUT2D eigenvalue weighted by Crippen LogP contribution is -2.29. The number of hydrogen-bond acceptors (Lipinski definition) is 3. The Bertz CT molecular complexity index is 536. The minimum Gasteiger partial charge on any atom is -0.313 e. The lowest BCUT2D eigenvalue weighted by atomic mass is 10.2. The van der Waals surface area contributed by atoms with Gasteiger partial charge in [0, 0.05) is 6.54 Å². The molecule has 0 saturated carbocycles. The molecule has 20 heavy (non-hydrogen) atoms. The molecule has 0 radical (unpaired) electrons. The normalized spacial score (nSPS) is 12.1. The van der Waals surface area contributed by atoms with Crippen molar-refractivity contribution in [1.29, 1.82) is 0 Å². The van der Waals surface area contributed by atoms with Crippen LogP contribution in [-0.2, 0) is 16.6 Å². The van der Waals surface area contributed by atoms with Crippen molar-refractivity contribution in [2.45, 2.75) is 31.2 Å². The molecule has 1 rings (SSSR count). The molecule has 0 bridgehead atoms. The molecule has 0 aliphatic carbocycles. The predicted octanol–water partition coefficient (Wildman–Crippen LogP) is 1.87. The van der Waals surface area contributed by atoms with E-state index in [0.717, 1.165) is 25.1 Å². The van der Waals surface area contributed by atoms with Crippen LogP contribution in [0.15, 0.2) is 23.1 Å². The standard InChI is InChI=1S/C12H17F3N2O2S/c1-2-5-16-7-9-3-4-10(13)11(6-9)20(18,19)17-8-12(14)15/h3-4,6,12,16-17H,2,5,7-8H2,1H3. The number of halogens is 3. The largest absolute Gasteiger partial charge is 0.313 e. The van der Waals surface area contributed by atoms with E-state index in [-0.39, 0.29) is 0 Å². The van der Waals surface area contributed by atoms with Gasteiger partial charge in [-0.3, -0.25) is 0 Å². The van der Waals surface area contributed by atoms with Crippen molar-refractivity contribution >= 4 is 10.0 Å². The fourth-order valence-corrected chi connectivity index (χ4v) is 2.66. The molecule has 0 heterocycles. The minimum absolute atomic E-state index is 0.380. The highest BCUT2D eigenvalue weighted by Gasteiger charge is 2.20. The number of alkyl halides is 2. The average Bonchev–Trinajstić information content (AvgIpc) is 2.38. The van der Waals surface area contributed by atoms with Gasteiger partial charge in [0.15, 0.2) is 0 Å². The molecule has 0 aromatic heterocycles. The summed E-state index contributed by atoms with van der Waals surface area (Å²) in [6.45, 7) is 2.05. The van der Waals surface area contributed by atoms with Crippen molar-refractivity contribution in [1.82, 2.24) is 10.0 Å². The van der Waals surface area contributed by atoms with Gasteiger partial charge in [-0.1, -0.05) is 13.0 Å². The van der Waals surface area contributed by atoms with Crippen molar-refractivity contribution in [2.75, 3.05) is 13.1 Å². The van der Waals surface area contributed by atoms with Crippen LogP contribution in [0, 0.1) is 5.82 Å². The monoisotopic (exact) mass is 310 g/mol. The third-order valence-electron chi connectivity index (χ3n) is 2.47. The van der Waals surface area contributed by atoms with Crippen LogP contribution in [-0.4, -0.2) is 27.9 Å². The van der Waals surface area contributed by atoms with Crippen molar-refractivity contribution in [3.05, 3.63) is 29.6 Å². The van der Waals surface area contributed by atoms with E-state index in [1.807, 2.05) is 6.92 Å². The molecule has 2 N–H and O–H groups in total. The first-order valence-corrected chi connectivity index (χ1v) is 7.62. The molecule has 0 unspecified atom stereocenters. The first-order valence-electron chi connectivity index (χ1n) is 6.13. The van der Waals surface area contributed by atoms with Crippen molar-refractivity contribution < 1.29 is 21.6 Å². The zero-order valence-electron chi connectivity index (χ0n) is 11.0. The van der Waals surface area contributed by atoms with E-state index in [1.165, 1.54) is 6.07 Å². The Kier molecular flexibility index (Phi) is 6.44. The van der Waals surface area contributed by atoms with Crippen molar-refractivity contribution in [3.8, 4) is 0 Å². The average molecular weight is 310 g/mol. The minimum atomic E-state index is -4.27. The van der Waals surface area contributed by atoms with Gasteiger partial charge in [-0.15, -0.1) is 0 Å². The number of hydrogen-bond donors (Lipinski definition) is 2. The molecule has 0 spiro atoms. The number of benzene rings is 1. The lowest BCUT2D eigenvalue weighted by molar-refractivity contribution is 0.153. The summed E-state index contributed by atoms with van der Waals surface area (Å²) in [5, 5.41) is 3.04. The summed E-state index contributed by atoms with van der Waals surface area (Å²) in [7, 11) is -4.27. The molecule has 0 saturated heterocycles. The van der Waals surface area contributed by atoms with Gasteiger partial charge in [0.05, 0.1) is 6.54 Å². The van der Waals surface area contributed by atoms with Gasteiger partial charge in [0.2, 0.25) is 10.0 Å². The van der Waals surface area contributed by atoms with E-state index in [2.05, 4.69) is 5.32 Å². The van der Waals surface area contributed by atoms with Gasteiger partial charge in [-0.25, -0.2) is 26.3 Å². The Morgan fingerprint density at radius 3 is 2.60 bits per heavy atom. The molecule has 0 aliphatic rings. The van der Waals surface area contributed by atoms with Crippen molar-refractivity contribution in [3.63, 3.8) is 0 Å². The van der Waals surface area contributed by atoms with Crippen LogP contribution in [0.5, 0.6) is 0 Å².